The van der Waals surface area contributed by atoms with E-state index in [1.54, 1.807) is 0 Å². The fourth-order valence-electron chi connectivity index (χ4n) is 1.37. The highest BCUT2D eigenvalue weighted by Gasteiger charge is 1.93. The van der Waals surface area contributed by atoms with Crippen molar-refractivity contribution in [3.63, 3.8) is 0 Å². The third kappa shape index (κ3) is 1.56. The molecule has 0 bridgehead atoms. The second-order valence-corrected chi connectivity index (χ2v) is 3.27. The molecule has 0 nitrogen and oxygen atoms in total. The Kier molecular flexibility index (Phi) is 2.99. The fraction of sp³-hybridized carbons (Fsp3) is 0.273. The molecule has 1 aromatic rings. The molecule has 0 radical (unpaired) electrons. The summed E-state index contributed by atoms with van der Waals surface area (Å²) in [5, 5.41) is 2.58. The third-order valence-electron chi connectivity index (χ3n) is 2.12. The lowest BCUT2D eigenvalue weighted by molar-refractivity contribution is 1.24. The van der Waals surface area contributed by atoms with Crippen molar-refractivity contribution in [2.45, 2.75) is 25.7 Å². The SMILES string of the molecule is C/C=c1/ccc(S)c(C)/c1=C/C. The summed E-state index contributed by atoms with van der Waals surface area (Å²) in [7, 11) is 0. The monoisotopic (exact) mass is 178 g/mol. The molecule has 0 N–H and O–H groups in total. The molecule has 0 unspecified atom stereocenters. The Balaban J connectivity index is 3.72. The van der Waals surface area contributed by atoms with Crippen molar-refractivity contribution in [2.24, 2.45) is 0 Å². The minimum atomic E-state index is 1.06. The van der Waals surface area contributed by atoms with E-state index in [1.165, 1.54) is 16.0 Å². The molecule has 0 spiro atoms. The quantitative estimate of drug-likeness (QED) is 0.576. The van der Waals surface area contributed by atoms with Crippen LogP contribution in [0.25, 0.3) is 12.2 Å². The van der Waals surface area contributed by atoms with E-state index < -0.39 is 0 Å². The van der Waals surface area contributed by atoms with Crippen LogP contribution in [0.15, 0.2) is 17.0 Å². The second kappa shape index (κ2) is 3.81. The average Bonchev–Trinajstić information content (AvgIpc) is 2.09. The molecule has 0 fully saturated rings. The highest BCUT2D eigenvalue weighted by Crippen LogP contribution is 2.04. The zero-order chi connectivity index (χ0) is 9.14. The number of hydrogen-bond donors (Lipinski definition) is 1. The number of rotatable bonds is 0. The van der Waals surface area contributed by atoms with Gasteiger partial charge in [-0.1, -0.05) is 18.2 Å². The van der Waals surface area contributed by atoms with Gasteiger partial charge < -0.3 is 0 Å². The van der Waals surface area contributed by atoms with Crippen molar-refractivity contribution >= 4 is 24.8 Å². The first kappa shape index (κ1) is 9.40. The van der Waals surface area contributed by atoms with Crippen LogP contribution in [-0.2, 0) is 0 Å². The maximum Gasteiger partial charge on any atom is 0.00755 e. The minimum absolute atomic E-state index is 1.06. The molecule has 0 aliphatic carbocycles. The van der Waals surface area contributed by atoms with Gasteiger partial charge in [0.25, 0.3) is 0 Å². The van der Waals surface area contributed by atoms with E-state index in [4.69, 9.17) is 0 Å². The highest BCUT2D eigenvalue weighted by atomic mass is 32.1. The minimum Gasteiger partial charge on any atom is -0.143 e. The molecule has 0 heterocycles. The van der Waals surface area contributed by atoms with Crippen LogP contribution in [0, 0.1) is 6.92 Å². The van der Waals surface area contributed by atoms with Gasteiger partial charge in [0, 0.05) is 4.90 Å². The summed E-state index contributed by atoms with van der Waals surface area (Å²) in [6, 6.07) is 4.14. The standard InChI is InChI=1S/C11H14S/c1-4-9-6-7-11(12)8(3)10(9)5-2/h4-7,12H,1-3H3/b9-4-,10-5-. The summed E-state index contributed by atoms with van der Waals surface area (Å²) in [5.74, 6) is 0. The Morgan fingerprint density at radius 3 is 2.33 bits per heavy atom. The van der Waals surface area contributed by atoms with Gasteiger partial charge in [-0.15, -0.1) is 12.6 Å². The highest BCUT2D eigenvalue weighted by molar-refractivity contribution is 7.80. The van der Waals surface area contributed by atoms with Gasteiger partial charge in [0.2, 0.25) is 0 Å². The second-order valence-electron chi connectivity index (χ2n) is 2.79. The Bertz CT molecular complexity index is 388. The molecular weight excluding hydrogens is 164 g/mol. The molecule has 1 aromatic carbocycles. The summed E-state index contributed by atoms with van der Waals surface area (Å²) >= 11 is 4.37. The maximum absolute atomic E-state index is 4.37. The maximum atomic E-state index is 4.37. The lowest BCUT2D eigenvalue weighted by Gasteiger charge is -1.99. The van der Waals surface area contributed by atoms with E-state index in [2.05, 4.69) is 51.6 Å². The fourth-order valence-corrected chi connectivity index (χ4v) is 1.57. The van der Waals surface area contributed by atoms with E-state index in [0.29, 0.717) is 0 Å². The van der Waals surface area contributed by atoms with Gasteiger partial charge in [0.15, 0.2) is 0 Å². The van der Waals surface area contributed by atoms with Crippen LogP contribution in [0.5, 0.6) is 0 Å². The molecule has 0 amide bonds. The molecule has 12 heavy (non-hydrogen) atoms. The smallest absolute Gasteiger partial charge is 0.00755 e. The lowest BCUT2D eigenvalue weighted by Crippen LogP contribution is -2.26. The predicted molar refractivity (Wildman–Crippen MR) is 58.0 cm³/mol. The first-order chi connectivity index (χ1) is 5.70. The summed E-state index contributed by atoms with van der Waals surface area (Å²) in [6.07, 6.45) is 4.25. The number of benzene rings is 1. The van der Waals surface area contributed by atoms with Crippen molar-refractivity contribution in [2.75, 3.05) is 0 Å². The Labute approximate surface area is 79.0 Å². The van der Waals surface area contributed by atoms with Crippen LogP contribution >= 0.6 is 12.6 Å². The van der Waals surface area contributed by atoms with Crippen LogP contribution in [0.2, 0.25) is 0 Å². The average molecular weight is 178 g/mol. The summed E-state index contributed by atoms with van der Waals surface area (Å²) in [4.78, 5) is 1.06. The van der Waals surface area contributed by atoms with E-state index in [0.717, 1.165) is 4.90 Å². The van der Waals surface area contributed by atoms with Gasteiger partial charge in [0.1, 0.15) is 0 Å². The van der Waals surface area contributed by atoms with E-state index in [9.17, 15) is 0 Å². The molecule has 0 saturated carbocycles. The Morgan fingerprint density at radius 1 is 1.17 bits per heavy atom. The van der Waals surface area contributed by atoms with Crippen molar-refractivity contribution in [1.82, 2.24) is 0 Å². The van der Waals surface area contributed by atoms with Crippen molar-refractivity contribution in [3.8, 4) is 0 Å². The normalized spacial score (nSPS) is 14.0. The number of hydrogen-bond acceptors (Lipinski definition) is 1. The van der Waals surface area contributed by atoms with Crippen LogP contribution in [-0.4, -0.2) is 0 Å². The first-order valence-electron chi connectivity index (χ1n) is 4.12. The summed E-state index contributed by atoms with van der Waals surface area (Å²) in [5.41, 5.74) is 1.26. The van der Waals surface area contributed by atoms with E-state index in [1.807, 2.05) is 6.07 Å². The van der Waals surface area contributed by atoms with Gasteiger partial charge in [0.05, 0.1) is 0 Å². The molecule has 0 atom stereocenters. The predicted octanol–water partition coefficient (Wildman–Crippen LogP) is 1.88. The molecule has 0 saturated heterocycles. The lowest BCUT2D eigenvalue weighted by atomic mass is 10.1. The Morgan fingerprint density at radius 2 is 1.83 bits per heavy atom. The van der Waals surface area contributed by atoms with Crippen LogP contribution in [0.1, 0.15) is 19.4 Å². The first-order valence-corrected chi connectivity index (χ1v) is 4.56. The van der Waals surface area contributed by atoms with Crippen LogP contribution in [0.3, 0.4) is 0 Å². The van der Waals surface area contributed by atoms with Gasteiger partial charge in [-0.2, -0.15) is 0 Å². The molecule has 0 aromatic heterocycles. The van der Waals surface area contributed by atoms with E-state index in [-0.39, 0.29) is 0 Å². The molecule has 1 rings (SSSR count). The third-order valence-corrected chi connectivity index (χ3v) is 2.60. The van der Waals surface area contributed by atoms with E-state index >= 15 is 0 Å². The Hall–Kier alpha value is -0.690. The van der Waals surface area contributed by atoms with Crippen molar-refractivity contribution in [1.29, 1.82) is 0 Å². The summed E-state index contributed by atoms with van der Waals surface area (Å²) in [6.45, 7) is 6.22. The van der Waals surface area contributed by atoms with Gasteiger partial charge >= 0.3 is 0 Å². The molecular formula is C11H14S. The van der Waals surface area contributed by atoms with Gasteiger partial charge in [-0.25, -0.2) is 0 Å². The van der Waals surface area contributed by atoms with Crippen LogP contribution < -0.4 is 10.4 Å². The van der Waals surface area contributed by atoms with Crippen LogP contribution in [0.4, 0.5) is 0 Å². The topological polar surface area (TPSA) is 0 Å². The summed E-state index contributed by atoms with van der Waals surface area (Å²) < 4.78 is 0. The van der Waals surface area contributed by atoms with Crippen molar-refractivity contribution < 1.29 is 0 Å². The zero-order valence-corrected chi connectivity index (χ0v) is 8.65. The molecule has 64 valence electrons. The molecule has 1 heteroatoms. The van der Waals surface area contributed by atoms with Crippen molar-refractivity contribution in [3.05, 3.63) is 28.1 Å². The van der Waals surface area contributed by atoms with Gasteiger partial charge in [-0.3, -0.25) is 0 Å². The number of thiol groups is 1. The zero-order valence-electron chi connectivity index (χ0n) is 7.76. The molecule has 0 aliphatic rings. The van der Waals surface area contributed by atoms with Gasteiger partial charge in [-0.05, 0) is 42.8 Å². The largest absolute Gasteiger partial charge is 0.143 e. The molecule has 0 aliphatic heterocycles.